The first-order valence-corrected chi connectivity index (χ1v) is 7.31. The number of carbonyl (C=O) groups is 1. The van der Waals surface area contributed by atoms with E-state index in [9.17, 15) is 9.18 Å². The molecule has 104 valence electrons. The molecule has 0 aliphatic carbocycles. The maximum absolute atomic E-state index is 13.2. The van der Waals surface area contributed by atoms with Gasteiger partial charge in [0.2, 0.25) is 0 Å². The first-order valence-electron chi connectivity index (χ1n) is 6.27. The number of Topliss-reactive ketones (excluding diaryl/α,β-unsaturated/α-hetero) is 1. The van der Waals surface area contributed by atoms with Crippen LogP contribution in [0.3, 0.4) is 0 Å². The molecule has 2 rings (SSSR count). The van der Waals surface area contributed by atoms with Crippen LogP contribution in [0.1, 0.15) is 23.2 Å². The van der Waals surface area contributed by atoms with Gasteiger partial charge in [0.1, 0.15) is 11.6 Å². The third kappa shape index (κ3) is 3.94. The molecular formula is C14H17FO3S. The normalized spacial score (nSPS) is 16.3. The lowest BCUT2D eigenvalue weighted by Gasteiger charge is -2.21. The molecule has 3 nitrogen and oxygen atoms in total. The van der Waals surface area contributed by atoms with Crippen molar-refractivity contribution >= 4 is 17.5 Å². The third-order valence-electron chi connectivity index (χ3n) is 3.08. The molecule has 0 radical (unpaired) electrons. The van der Waals surface area contributed by atoms with E-state index in [1.54, 1.807) is 11.8 Å². The Morgan fingerprint density at radius 3 is 2.89 bits per heavy atom. The summed E-state index contributed by atoms with van der Waals surface area (Å²) in [6.45, 7) is 1.52. The molecular weight excluding hydrogens is 267 g/mol. The Morgan fingerprint density at radius 1 is 1.47 bits per heavy atom. The van der Waals surface area contributed by atoms with Crippen LogP contribution < -0.4 is 4.74 Å². The van der Waals surface area contributed by atoms with E-state index in [0.717, 1.165) is 26.1 Å². The Kier molecular flexibility index (Phi) is 5.22. The van der Waals surface area contributed by atoms with Crippen molar-refractivity contribution in [1.82, 2.24) is 0 Å². The summed E-state index contributed by atoms with van der Waals surface area (Å²) >= 11 is 1.62. The molecule has 5 heteroatoms. The molecule has 0 N–H and O–H groups in total. The molecule has 1 heterocycles. The van der Waals surface area contributed by atoms with E-state index in [1.807, 2.05) is 0 Å². The number of carbonyl (C=O) groups excluding carboxylic acids is 1. The number of ketones is 1. The van der Waals surface area contributed by atoms with Gasteiger partial charge in [-0.3, -0.25) is 4.79 Å². The highest BCUT2D eigenvalue weighted by molar-refractivity contribution is 8.00. The molecule has 1 saturated heterocycles. The highest BCUT2D eigenvalue weighted by Crippen LogP contribution is 2.25. The molecule has 1 aromatic carbocycles. The van der Waals surface area contributed by atoms with Crippen LogP contribution in [-0.4, -0.2) is 37.1 Å². The number of ether oxygens (including phenoxy) is 2. The van der Waals surface area contributed by atoms with Crippen molar-refractivity contribution < 1.29 is 18.7 Å². The van der Waals surface area contributed by atoms with Crippen LogP contribution in [0.2, 0.25) is 0 Å². The minimum atomic E-state index is -0.416. The Labute approximate surface area is 116 Å². The fraction of sp³-hybridized carbons (Fsp3) is 0.500. The topological polar surface area (TPSA) is 35.5 Å². The summed E-state index contributed by atoms with van der Waals surface area (Å²) in [6.07, 6.45) is 1.94. The lowest BCUT2D eigenvalue weighted by atomic mass is 10.1. The quantitative estimate of drug-likeness (QED) is 0.779. The number of hydrogen-bond donors (Lipinski definition) is 0. The molecule has 0 amide bonds. The number of halogens is 1. The summed E-state index contributed by atoms with van der Waals surface area (Å²) in [5.41, 5.74) is 0.321. The van der Waals surface area contributed by atoms with Crippen LogP contribution in [-0.2, 0) is 4.74 Å². The maximum atomic E-state index is 13.2. The van der Waals surface area contributed by atoms with Gasteiger partial charge in [0.25, 0.3) is 0 Å². The highest BCUT2D eigenvalue weighted by Gasteiger charge is 2.18. The van der Waals surface area contributed by atoms with Crippen molar-refractivity contribution in [3.8, 4) is 5.75 Å². The first-order chi connectivity index (χ1) is 9.20. The lowest BCUT2D eigenvalue weighted by Crippen LogP contribution is -2.19. The molecule has 1 aliphatic heterocycles. The molecule has 0 aromatic heterocycles. The van der Waals surface area contributed by atoms with E-state index >= 15 is 0 Å². The molecule has 0 atom stereocenters. The van der Waals surface area contributed by atoms with E-state index in [1.165, 1.54) is 25.3 Å². The second kappa shape index (κ2) is 6.91. The molecule has 0 bridgehead atoms. The van der Waals surface area contributed by atoms with Crippen LogP contribution in [0.25, 0.3) is 0 Å². The monoisotopic (exact) mass is 284 g/mol. The van der Waals surface area contributed by atoms with Crippen molar-refractivity contribution in [2.75, 3.05) is 26.1 Å². The average molecular weight is 284 g/mol. The van der Waals surface area contributed by atoms with Gasteiger partial charge >= 0.3 is 0 Å². The van der Waals surface area contributed by atoms with Crippen LogP contribution >= 0.6 is 11.8 Å². The van der Waals surface area contributed by atoms with Crippen LogP contribution in [0.4, 0.5) is 4.39 Å². The van der Waals surface area contributed by atoms with Crippen molar-refractivity contribution in [2.45, 2.75) is 18.1 Å². The smallest absolute Gasteiger partial charge is 0.176 e. The third-order valence-corrected chi connectivity index (χ3v) is 4.45. The van der Waals surface area contributed by atoms with Crippen LogP contribution in [0.5, 0.6) is 5.75 Å². The number of thioether (sulfide) groups is 1. The van der Waals surface area contributed by atoms with Gasteiger partial charge in [-0.25, -0.2) is 4.39 Å². The molecule has 1 aromatic rings. The number of rotatable bonds is 5. The first kappa shape index (κ1) is 14.3. The minimum absolute atomic E-state index is 0.0900. The summed E-state index contributed by atoms with van der Waals surface area (Å²) in [4.78, 5) is 12.1. The second-order valence-corrected chi connectivity index (χ2v) is 5.68. The second-order valence-electron chi connectivity index (χ2n) is 4.39. The van der Waals surface area contributed by atoms with Gasteiger partial charge in [-0.05, 0) is 31.0 Å². The SMILES string of the molecule is COc1ccc(F)cc1C(=O)CSC1CCOCC1. The summed E-state index contributed by atoms with van der Waals surface area (Å²) in [7, 11) is 1.48. The fourth-order valence-electron chi connectivity index (χ4n) is 2.01. The van der Waals surface area contributed by atoms with Crippen molar-refractivity contribution in [3.05, 3.63) is 29.6 Å². The van der Waals surface area contributed by atoms with Crippen LogP contribution in [0.15, 0.2) is 18.2 Å². The Morgan fingerprint density at radius 2 is 2.21 bits per heavy atom. The summed E-state index contributed by atoms with van der Waals surface area (Å²) in [6, 6.07) is 4.02. The van der Waals surface area contributed by atoms with Crippen LogP contribution in [0, 0.1) is 5.82 Å². The van der Waals surface area contributed by atoms with Crippen molar-refractivity contribution in [1.29, 1.82) is 0 Å². The number of methoxy groups -OCH3 is 1. The molecule has 0 saturated carbocycles. The Balaban J connectivity index is 1.97. The molecule has 19 heavy (non-hydrogen) atoms. The van der Waals surface area contributed by atoms with E-state index < -0.39 is 5.82 Å². The molecule has 0 unspecified atom stereocenters. The standard InChI is InChI=1S/C14H17FO3S/c1-17-14-3-2-10(15)8-12(14)13(16)9-19-11-4-6-18-7-5-11/h2-3,8,11H,4-7,9H2,1H3. The van der Waals surface area contributed by atoms with E-state index in [-0.39, 0.29) is 5.78 Å². The Bertz CT molecular complexity index is 444. The zero-order valence-corrected chi connectivity index (χ0v) is 11.7. The summed E-state index contributed by atoms with van der Waals surface area (Å²) < 4.78 is 23.6. The van der Waals surface area contributed by atoms with E-state index in [0.29, 0.717) is 22.3 Å². The van der Waals surface area contributed by atoms with E-state index in [4.69, 9.17) is 9.47 Å². The molecule has 1 aliphatic rings. The maximum Gasteiger partial charge on any atom is 0.176 e. The zero-order valence-electron chi connectivity index (χ0n) is 10.9. The number of hydrogen-bond acceptors (Lipinski definition) is 4. The minimum Gasteiger partial charge on any atom is -0.496 e. The molecule has 0 spiro atoms. The van der Waals surface area contributed by atoms with E-state index in [2.05, 4.69) is 0 Å². The zero-order chi connectivity index (χ0) is 13.7. The van der Waals surface area contributed by atoms with Crippen molar-refractivity contribution in [3.63, 3.8) is 0 Å². The molecule has 1 fully saturated rings. The van der Waals surface area contributed by atoms with Gasteiger partial charge in [-0.2, -0.15) is 11.8 Å². The van der Waals surface area contributed by atoms with Crippen molar-refractivity contribution in [2.24, 2.45) is 0 Å². The van der Waals surface area contributed by atoms with Gasteiger partial charge in [0, 0.05) is 18.5 Å². The van der Waals surface area contributed by atoms with Gasteiger partial charge in [-0.15, -0.1) is 0 Å². The largest absolute Gasteiger partial charge is 0.496 e. The predicted octanol–water partition coefficient (Wildman–Crippen LogP) is 2.93. The van der Waals surface area contributed by atoms with Gasteiger partial charge in [0.05, 0.1) is 18.4 Å². The van der Waals surface area contributed by atoms with Gasteiger partial charge in [-0.1, -0.05) is 0 Å². The predicted molar refractivity (Wildman–Crippen MR) is 73.6 cm³/mol. The fourth-order valence-corrected chi connectivity index (χ4v) is 3.08. The number of benzene rings is 1. The van der Waals surface area contributed by atoms with Gasteiger partial charge in [0.15, 0.2) is 5.78 Å². The summed E-state index contributed by atoms with van der Waals surface area (Å²) in [5.74, 6) is 0.275. The Hall–Kier alpha value is -1.07. The highest BCUT2D eigenvalue weighted by atomic mass is 32.2. The average Bonchev–Trinajstić information content (AvgIpc) is 2.46. The lowest BCUT2D eigenvalue weighted by molar-refractivity contribution is 0.0987. The van der Waals surface area contributed by atoms with Gasteiger partial charge < -0.3 is 9.47 Å². The summed E-state index contributed by atoms with van der Waals surface area (Å²) in [5, 5.41) is 0.456.